The number of rotatable bonds is 0. The van der Waals surface area contributed by atoms with Crippen molar-refractivity contribution in [1.82, 2.24) is 0 Å². The molecule has 4 fully saturated rings. The van der Waals surface area contributed by atoms with Crippen molar-refractivity contribution in [2.45, 2.75) is 69.5 Å². The van der Waals surface area contributed by atoms with Crippen LogP contribution in [0, 0.1) is 29.1 Å². The Kier molecular flexibility index (Phi) is 3.53. The number of allylic oxidation sites excluding steroid dienone is 1. The van der Waals surface area contributed by atoms with Gasteiger partial charge in [0.2, 0.25) is 0 Å². The number of aliphatic hydroxyl groups is 3. The molecule has 5 aliphatic rings. The van der Waals surface area contributed by atoms with Gasteiger partial charge in [-0.25, -0.2) is 0 Å². The standard InChI is InChI=1S/C20H30O5/c1-18-11-16(21)17-13-4-6-19(24-8-9-25-19)10-12(13)2-3-14(17)15(18)5-7-20(18,22)23/h2,13-17,21-23H,3-11H2,1H3/t13?,14?,15?,16-,17?,18-/m0/s1. The summed E-state index contributed by atoms with van der Waals surface area (Å²) in [5, 5.41) is 32.1. The fraction of sp³-hybridized carbons (Fsp3) is 0.900. The average molecular weight is 350 g/mol. The zero-order chi connectivity index (χ0) is 17.4. The highest BCUT2D eigenvalue weighted by Gasteiger charge is 2.64. The molecular formula is C20H30O5. The number of hydrogen-bond acceptors (Lipinski definition) is 5. The van der Waals surface area contributed by atoms with Crippen LogP contribution in [0.5, 0.6) is 0 Å². The quantitative estimate of drug-likeness (QED) is 0.460. The predicted octanol–water partition coefficient (Wildman–Crippen LogP) is 1.95. The Morgan fingerprint density at radius 1 is 1.12 bits per heavy atom. The molecule has 1 saturated heterocycles. The number of aliphatic hydroxyl groups excluding tert-OH is 1. The summed E-state index contributed by atoms with van der Waals surface area (Å²) in [6, 6.07) is 0. The van der Waals surface area contributed by atoms with Crippen molar-refractivity contribution in [2.75, 3.05) is 13.2 Å². The molecule has 3 N–H and O–H groups in total. The maximum absolute atomic E-state index is 11.0. The SMILES string of the molecule is C[C@]12C[C@H](O)C3C4CCC5(CC4=CCC3C1CCC2(O)O)OCCO5. The van der Waals surface area contributed by atoms with Gasteiger partial charge in [0, 0.05) is 24.7 Å². The summed E-state index contributed by atoms with van der Waals surface area (Å²) >= 11 is 0. The van der Waals surface area contributed by atoms with E-state index < -0.39 is 23.1 Å². The first-order chi connectivity index (χ1) is 11.9. The smallest absolute Gasteiger partial charge is 0.172 e. The van der Waals surface area contributed by atoms with E-state index in [2.05, 4.69) is 6.08 Å². The van der Waals surface area contributed by atoms with Crippen molar-refractivity contribution in [3.05, 3.63) is 11.6 Å². The maximum atomic E-state index is 11.0. The van der Waals surface area contributed by atoms with E-state index in [0.29, 0.717) is 37.9 Å². The zero-order valence-corrected chi connectivity index (χ0v) is 15.0. The first kappa shape index (κ1) is 16.7. The van der Waals surface area contributed by atoms with E-state index in [-0.39, 0.29) is 11.8 Å². The van der Waals surface area contributed by atoms with Crippen molar-refractivity contribution in [3.8, 4) is 0 Å². The molecule has 0 aromatic heterocycles. The third-order valence-corrected chi connectivity index (χ3v) is 8.34. The summed E-state index contributed by atoms with van der Waals surface area (Å²) in [4.78, 5) is 0. The highest BCUT2D eigenvalue weighted by atomic mass is 16.7. The second-order valence-corrected chi connectivity index (χ2v) is 9.34. The monoisotopic (exact) mass is 350 g/mol. The molecule has 1 heterocycles. The molecule has 5 rings (SSSR count). The van der Waals surface area contributed by atoms with Crippen LogP contribution in [-0.2, 0) is 9.47 Å². The molecule has 3 saturated carbocycles. The van der Waals surface area contributed by atoms with Gasteiger partial charge in [-0.15, -0.1) is 0 Å². The van der Waals surface area contributed by atoms with Crippen molar-refractivity contribution < 1.29 is 24.8 Å². The van der Waals surface area contributed by atoms with Gasteiger partial charge in [-0.2, -0.15) is 0 Å². The number of fused-ring (bicyclic) bond motifs is 5. The predicted molar refractivity (Wildman–Crippen MR) is 90.3 cm³/mol. The molecule has 6 atom stereocenters. The summed E-state index contributed by atoms with van der Waals surface area (Å²) in [7, 11) is 0. The first-order valence-electron chi connectivity index (χ1n) is 9.95. The third-order valence-electron chi connectivity index (χ3n) is 8.34. The lowest BCUT2D eigenvalue weighted by Gasteiger charge is -2.56. The van der Waals surface area contributed by atoms with Crippen LogP contribution in [0.4, 0.5) is 0 Å². The molecule has 5 heteroatoms. The highest BCUT2D eigenvalue weighted by molar-refractivity contribution is 5.23. The highest BCUT2D eigenvalue weighted by Crippen LogP contribution is 2.64. The minimum Gasteiger partial charge on any atom is -0.393 e. The average Bonchev–Trinajstić information content (AvgIpc) is 3.10. The largest absolute Gasteiger partial charge is 0.393 e. The fourth-order valence-corrected chi connectivity index (χ4v) is 7.06. The van der Waals surface area contributed by atoms with E-state index in [1.165, 1.54) is 5.57 Å². The van der Waals surface area contributed by atoms with Gasteiger partial charge in [0.25, 0.3) is 0 Å². The zero-order valence-electron chi connectivity index (χ0n) is 15.0. The number of ether oxygens (including phenoxy) is 2. The van der Waals surface area contributed by atoms with Crippen LogP contribution in [0.3, 0.4) is 0 Å². The third kappa shape index (κ3) is 2.19. The van der Waals surface area contributed by atoms with Crippen molar-refractivity contribution in [3.63, 3.8) is 0 Å². The molecule has 1 spiro atoms. The van der Waals surface area contributed by atoms with Crippen LogP contribution in [0.2, 0.25) is 0 Å². The lowest BCUT2D eigenvalue weighted by atomic mass is 9.51. The van der Waals surface area contributed by atoms with Gasteiger partial charge >= 0.3 is 0 Å². The van der Waals surface area contributed by atoms with Gasteiger partial charge in [0.15, 0.2) is 11.6 Å². The Balaban J connectivity index is 1.45. The molecular weight excluding hydrogens is 320 g/mol. The molecule has 1 aliphatic heterocycles. The van der Waals surface area contributed by atoms with E-state index >= 15 is 0 Å². The van der Waals surface area contributed by atoms with Gasteiger partial charge in [-0.3, -0.25) is 0 Å². The van der Waals surface area contributed by atoms with Crippen LogP contribution < -0.4 is 0 Å². The lowest BCUT2D eigenvalue weighted by molar-refractivity contribution is -0.258. The molecule has 4 unspecified atom stereocenters. The minimum absolute atomic E-state index is 0.241. The second kappa shape index (κ2) is 5.29. The van der Waals surface area contributed by atoms with E-state index in [1.54, 1.807) is 0 Å². The Morgan fingerprint density at radius 3 is 2.64 bits per heavy atom. The van der Waals surface area contributed by atoms with Gasteiger partial charge in [0.1, 0.15) is 0 Å². The minimum atomic E-state index is -1.64. The molecule has 0 amide bonds. The molecule has 140 valence electrons. The van der Waals surface area contributed by atoms with E-state index in [1.807, 2.05) is 6.92 Å². The summed E-state index contributed by atoms with van der Waals surface area (Å²) in [5.74, 6) is -0.792. The molecule has 0 radical (unpaired) electrons. The summed E-state index contributed by atoms with van der Waals surface area (Å²) in [5.41, 5.74) is 0.807. The summed E-state index contributed by atoms with van der Waals surface area (Å²) in [6.45, 7) is 3.34. The summed E-state index contributed by atoms with van der Waals surface area (Å²) in [6.07, 6.45) is 7.32. The molecule has 4 aliphatic carbocycles. The van der Waals surface area contributed by atoms with Crippen LogP contribution in [0.15, 0.2) is 11.6 Å². The van der Waals surface area contributed by atoms with Crippen molar-refractivity contribution >= 4 is 0 Å². The fourth-order valence-electron chi connectivity index (χ4n) is 7.06. The Hall–Kier alpha value is -0.460. The van der Waals surface area contributed by atoms with Gasteiger partial charge in [-0.05, 0) is 49.4 Å². The van der Waals surface area contributed by atoms with Crippen LogP contribution >= 0.6 is 0 Å². The maximum Gasteiger partial charge on any atom is 0.172 e. The van der Waals surface area contributed by atoms with Crippen LogP contribution in [-0.4, -0.2) is 46.2 Å². The molecule has 5 nitrogen and oxygen atoms in total. The Labute approximate surface area is 149 Å². The lowest BCUT2D eigenvalue weighted by Crippen LogP contribution is -2.57. The van der Waals surface area contributed by atoms with Crippen molar-refractivity contribution in [2.24, 2.45) is 29.1 Å². The topological polar surface area (TPSA) is 79.2 Å². The first-order valence-corrected chi connectivity index (χ1v) is 9.95. The van der Waals surface area contributed by atoms with E-state index in [0.717, 1.165) is 32.1 Å². The van der Waals surface area contributed by atoms with Crippen LogP contribution in [0.25, 0.3) is 0 Å². The molecule has 0 aromatic rings. The van der Waals surface area contributed by atoms with Gasteiger partial charge in [-0.1, -0.05) is 18.6 Å². The normalized spacial score (nSPS) is 50.1. The number of hydrogen-bond donors (Lipinski definition) is 3. The Morgan fingerprint density at radius 2 is 1.88 bits per heavy atom. The molecule has 0 bridgehead atoms. The summed E-state index contributed by atoms with van der Waals surface area (Å²) < 4.78 is 11.8. The molecule has 25 heavy (non-hydrogen) atoms. The van der Waals surface area contributed by atoms with E-state index in [4.69, 9.17) is 9.47 Å². The van der Waals surface area contributed by atoms with Crippen LogP contribution in [0.1, 0.15) is 51.9 Å². The second-order valence-electron chi connectivity index (χ2n) is 9.34. The Bertz CT molecular complexity index is 593. The van der Waals surface area contributed by atoms with E-state index in [9.17, 15) is 15.3 Å². The van der Waals surface area contributed by atoms with Gasteiger partial charge in [0.05, 0.1) is 19.3 Å². The van der Waals surface area contributed by atoms with Gasteiger partial charge < -0.3 is 24.8 Å². The van der Waals surface area contributed by atoms with Crippen molar-refractivity contribution in [1.29, 1.82) is 0 Å². The molecule has 0 aromatic carbocycles.